The van der Waals surface area contributed by atoms with Gasteiger partial charge in [-0.15, -0.1) is 0 Å². The number of likely N-dealkylation sites (tertiary alicyclic amines) is 1. The van der Waals surface area contributed by atoms with Gasteiger partial charge in [0.2, 0.25) is 5.91 Å². The second-order valence-corrected chi connectivity index (χ2v) is 7.51. The van der Waals surface area contributed by atoms with Crippen molar-refractivity contribution in [1.82, 2.24) is 10.2 Å². The number of methoxy groups -OCH3 is 1. The maximum Gasteiger partial charge on any atom is 0.241 e. The topological polar surface area (TPSA) is 41.6 Å². The molecule has 4 nitrogen and oxygen atoms in total. The van der Waals surface area contributed by atoms with Crippen molar-refractivity contribution in [3.8, 4) is 5.75 Å². The Kier molecular flexibility index (Phi) is 4.87. The van der Waals surface area contributed by atoms with Gasteiger partial charge in [-0.05, 0) is 54.6 Å². The Balaban J connectivity index is 1.67. The number of amides is 1. The fraction of sp³-hybridized carbons (Fsp3) is 0.409. The molecule has 2 aromatic carbocycles. The van der Waals surface area contributed by atoms with Crippen LogP contribution in [0.2, 0.25) is 0 Å². The number of carbonyl (C=O) groups excluding carboxylic acids is 1. The molecule has 1 fully saturated rings. The van der Waals surface area contributed by atoms with Crippen LogP contribution in [0.5, 0.6) is 5.75 Å². The van der Waals surface area contributed by atoms with Gasteiger partial charge in [0.05, 0.1) is 7.11 Å². The Hall–Kier alpha value is -2.40. The largest absolute Gasteiger partial charge is 0.494 e. The van der Waals surface area contributed by atoms with Crippen LogP contribution in [-0.2, 0) is 24.3 Å². The molecule has 1 unspecified atom stereocenters. The van der Waals surface area contributed by atoms with Crippen LogP contribution < -0.4 is 10.1 Å². The Labute approximate surface area is 159 Å². The van der Waals surface area contributed by atoms with E-state index in [0.29, 0.717) is 19.5 Å². The fourth-order valence-corrected chi connectivity index (χ4v) is 4.45. The zero-order chi connectivity index (χ0) is 18.9. The zero-order valence-electron chi connectivity index (χ0n) is 15.6. The molecule has 2 heterocycles. The molecule has 1 atom stereocenters. The highest BCUT2D eigenvalue weighted by Crippen LogP contribution is 2.36. The summed E-state index contributed by atoms with van der Waals surface area (Å²) >= 11 is 0. The monoisotopic (exact) mass is 368 g/mol. The minimum atomic E-state index is -0.568. The first-order valence-corrected chi connectivity index (χ1v) is 9.55. The summed E-state index contributed by atoms with van der Waals surface area (Å²) in [5, 5.41) is 3.13. The predicted molar refractivity (Wildman–Crippen MR) is 102 cm³/mol. The van der Waals surface area contributed by atoms with Gasteiger partial charge in [-0.2, -0.15) is 0 Å². The summed E-state index contributed by atoms with van der Waals surface area (Å²) < 4.78 is 19.2. The molecule has 1 N–H and O–H groups in total. The van der Waals surface area contributed by atoms with Gasteiger partial charge < -0.3 is 10.1 Å². The predicted octanol–water partition coefficient (Wildman–Crippen LogP) is 3.43. The molecule has 0 bridgehead atoms. The van der Waals surface area contributed by atoms with E-state index in [2.05, 4.69) is 22.3 Å². The second kappa shape index (κ2) is 7.31. The maximum atomic E-state index is 14.2. The highest BCUT2D eigenvalue weighted by Gasteiger charge is 2.46. The molecule has 0 aliphatic carbocycles. The maximum absolute atomic E-state index is 14.2. The Morgan fingerprint density at radius 1 is 1.19 bits per heavy atom. The third-order valence-corrected chi connectivity index (χ3v) is 5.93. The normalized spacial score (nSPS) is 22.8. The van der Waals surface area contributed by atoms with Gasteiger partial charge in [0, 0.05) is 19.5 Å². The lowest BCUT2D eigenvalue weighted by atomic mass is 9.80. The van der Waals surface area contributed by atoms with Crippen LogP contribution in [0.4, 0.5) is 4.39 Å². The molecule has 2 aliphatic rings. The third-order valence-electron chi connectivity index (χ3n) is 5.93. The molecule has 0 radical (unpaired) electrons. The van der Waals surface area contributed by atoms with Crippen molar-refractivity contribution in [2.24, 2.45) is 0 Å². The number of hydrogen-bond donors (Lipinski definition) is 1. The first kappa shape index (κ1) is 18.0. The SMILES string of the molecule is COc1ccc(CN2CCCCC23Cc2ccccc2CNC3=O)cc1F. The number of halogens is 1. The number of rotatable bonds is 3. The standard InChI is InChI=1S/C22H25FN2O2/c1-27-20-9-8-16(12-19(20)23)15-25-11-5-4-10-22(25)13-17-6-2-3-7-18(17)14-24-21(22)26/h2-3,6-9,12H,4-5,10-11,13-15H2,1H3,(H,24,26). The van der Waals surface area contributed by atoms with Gasteiger partial charge in [-0.1, -0.05) is 30.3 Å². The first-order valence-electron chi connectivity index (χ1n) is 9.55. The minimum absolute atomic E-state index is 0.0902. The number of benzene rings is 2. The molecule has 1 amide bonds. The summed E-state index contributed by atoms with van der Waals surface area (Å²) in [6.07, 6.45) is 3.61. The lowest BCUT2D eigenvalue weighted by Crippen LogP contribution is -2.60. The number of ether oxygens (including phenoxy) is 1. The summed E-state index contributed by atoms with van der Waals surface area (Å²) in [6, 6.07) is 13.3. The number of piperidine rings is 1. The highest BCUT2D eigenvalue weighted by molar-refractivity contribution is 5.87. The van der Waals surface area contributed by atoms with E-state index in [4.69, 9.17) is 4.74 Å². The lowest BCUT2D eigenvalue weighted by molar-refractivity contribution is -0.136. The summed E-state index contributed by atoms with van der Waals surface area (Å²) in [5.74, 6) is -0.0302. The van der Waals surface area contributed by atoms with E-state index >= 15 is 0 Å². The first-order chi connectivity index (χ1) is 13.1. The van der Waals surface area contributed by atoms with Crippen molar-refractivity contribution in [3.05, 3.63) is 65.0 Å². The molecule has 0 saturated carbocycles. The van der Waals surface area contributed by atoms with Crippen molar-refractivity contribution in [2.45, 2.75) is 44.3 Å². The van der Waals surface area contributed by atoms with E-state index in [0.717, 1.165) is 31.4 Å². The molecule has 1 saturated heterocycles. The van der Waals surface area contributed by atoms with Crippen molar-refractivity contribution < 1.29 is 13.9 Å². The molecule has 4 rings (SSSR count). The average Bonchev–Trinajstić information content (AvgIpc) is 2.82. The van der Waals surface area contributed by atoms with Crippen LogP contribution in [0.15, 0.2) is 42.5 Å². The van der Waals surface area contributed by atoms with Gasteiger partial charge in [0.15, 0.2) is 11.6 Å². The Morgan fingerprint density at radius 3 is 2.78 bits per heavy atom. The molecular formula is C22H25FN2O2. The minimum Gasteiger partial charge on any atom is -0.494 e. The average molecular weight is 368 g/mol. The van der Waals surface area contributed by atoms with Crippen LogP contribution in [0.25, 0.3) is 0 Å². The smallest absolute Gasteiger partial charge is 0.241 e. The van der Waals surface area contributed by atoms with E-state index < -0.39 is 5.54 Å². The second-order valence-electron chi connectivity index (χ2n) is 7.51. The van der Waals surface area contributed by atoms with E-state index in [1.165, 1.54) is 24.3 Å². The molecule has 1 spiro atoms. The molecule has 2 aliphatic heterocycles. The van der Waals surface area contributed by atoms with Crippen molar-refractivity contribution in [2.75, 3.05) is 13.7 Å². The van der Waals surface area contributed by atoms with Gasteiger partial charge in [0.1, 0.15) is 5.54 Å². The van der Waals surface area contributed by atoms with E-state index in [-0.39, 0.29) is 17.5 Å². The highest BCUT2D eigenvalue weighted by atomic mass is 19.1. The molecular weight excluding hydrogens is 343 g/mol. The van der Waals surface area contributed by atoms with Gasteiger partial charge in [0.25, 0.3) is 0 Å². The quantitative estimate of drug-likeness (QED) is 0.903. The molecule has 5 heteroatoms. The molecule has 27 heavy (non-hydrogen) atoms. The number of fused-ring (bicyclic) bond motifs is 1. The summed E-state index contributed by atoms with van der Waals surface area (Å²) in [5.41, 5.74) is 2.70. The summed E-state index contributed by atoms with van der Waals surface area (Å²) in [4.78, 5) is 15.4. The van der Waals surface area contributed by atoms with E-state index in [9.17, 15) is 9.18 Å². The Morgan fingerprint density at radius 2 is 2.00 bits per heavy atom. The third kappa shape index (κ3) is 3.32. The fourth-order valence-electron chi connectivity index (χ4n) is 4.45. The van der Waals surface area contributed by atoms with Crippen molar-refractivity contribution in [1.29, 1.82) is 0 Å². The molecule has 142 valence electrons. The van der Waals surface area contributed by atoms with Crippen molar-refractivity contribution in [3.63, 3.8) is 0 Å². The van der Waals surface area contributed by atoms with Gasteiger partial charge >= 0.3 is 0 Å². The van der Waals surface area contributed by atoms with Crippen LogP contribution in [0.1, 0.15) is 36.0 Å². The number of nitrogens with one attached hydrogen (secondary N) is 1. The van der Waals surface area contributed by atoms with Crippen LogP contribution >= 0.6 is 0 Å². The summed E-state index contributed by atoms with van der Waals surface area (Å²) in [7, 11) is 1.46. The van der Waals surface area contributed by atoms with Crippen LogP contribution in [0.3, 0.4) is 0 Å². The van der Waals surface area contributed by atoms with Gasteiger partial charge in [-0.25, -0.2) is 4.39 Å². The van der Waals surface area contributed by atoms with E-state index in [1.807, 2.05) is 18.2 Å². The zero-order valence-corrected chi connectivity index (χ0v) is 15.6. The van der Waals surface area contributed by atoms with Crippen molar-refractivity contribution >= 4 is 5.91 Å². The molecule has 0 aromatic heterocycles. The van der Waals surface area contributed by atoms with E-state index in [1.54, 1.807) is 6.07 Å². The molecule has 2 aromatic rings. The summed E-state index contributed by atoms with van der Waals surface area (Å²) in [6.45, 7) is 1.96. The number of carbonyl (C=O) groups is 1. The lowest BCUT2D eigenvalue weighted by Gasteiger charge is -2.45. The number of nitrogens with zero attached hydrogens (tertiary/aromatic N) is 1. The van der Waals surface area contributed by atoms with Crippen LogP contribution in [0, 0.1) is 5.82 Å². The van der Waals surface area contributed by atoms with Gasteiger partial charge in [-0.3, -0.25) is 9.69 Å². The van der Waals surface area contributed by atoms with Crippen LogP contribution in [-0.4, -0.2) is 30.0 Å². The number of hydrogen-bond acceptors (Lipinski definition) is 3. The Bertz CT molecular complexity index is 854.